The van der Waals surface area contributed by atoms with Gasteiger partial charge in [0.1, 0.15) is 0 Å². The van der Waals surface area contributed by atoms with Gasteiger partial charge in [0, 0.05) is 19.1 Å². The highest BCUT2D eigenvalue weighted by Crippen LogP contribution is 2.28. The van der Waals surface area contributed by atoms with E-state index < -0.39 is 0 Å². The number of nitrogens with zero attached hydrogens (tertiary/aromatic N) is 1. The Bertz CT molecular complexity index is 192. The summed E-state index contributed by atoms with van der Waals surface area (Å²) in [7, 11) is 0. The minimum absolute atomic E-state index is 0.797. The molecule has 3 heteroatoms. The summed E-state index contributed by atoms with van der Waals surface area (Å²) in [5.74, 6) is 0.919. The summed E-state index contributed by atoms with van der Waals surface area (Å²) in [5, 5.41) is 3.64. The fourth-order valence-electron chi connectivity index (χ4n) is 3.09. The average Bonchev–Trinajstić information content (AvgIpc) is 2.76. The highest BCUT2D eigenvalue weighted by molar-refractivity contribution is 4.83. The van der Waals surface area contributed by atoms with Crippen LogP contribution in [0.2, 0.25) is 0 Å². The Morgan fingerprint density at radius 1 is 1.25 bits per heavy atom. The number of rotatable bonds is 5. The lowest BCUT2D eigenvalue weighted by atomic mass is 9.99. The molecular formula is C13H26N2O. The minimum Gasteiger partial charge on any atom is -0.379 e. The monoisotopic (exact) mass is 226 g/mol. The Morgan fingerprint density at radius 2 is 2.06 bits per heavy atom. The van der Waals surface area contributed by atoms with E-state index in [4.69, 9.17) is 4.74 Å². The SMILES string of the molecule is CCNC1CCCC1CCN1CCOCC1. The van der Waals surface area contributed by atoms with Crippen molar-refractivity contribution in [1.82, 2.24) is 10.2 Å². The maximum atomic E-state index is 5.38. The fourth-order valence-corrected chi connectivity index (χ4v) is 3.09. The zero-order valence-corrected chi connectivity index (χ0v) is 10.6. The molecule has 1 N–H and O–H groups in total. The third-order valence-corrected chi connectivity index (χ3v) is 4.05. The number of morpholine rings is 1. The lowest BCUT2D eigenvalue weighted by molar-refractivity contribution is 0.0350. The molecule has 94 valence electrons. The second-order valence-corrected chi connectivity index (χ2v) is 5.10. The largest absolute Gasteiger partial charge is 0.379 e. The smallest absolute Gasteiger partial charge is 0.0594 e. The zero-order chi connectivity index (χ0) is 11.2. The molecule has 1 aliphatic heterocycles. The van der Waals surface area contributed by atoms with Gasteiger partial charge in [-0.1, -0.05) is 13.3 Å². The van der Waals surface area contributed by atoms with Crippen LogP contribution in [0.3, 0.4) is 0 Å². The van der Waals surface area contributed by atoms with Crippen molar-refractivity contribution in [2.75, 3.05) is 39.4 Å². The van der Waals surface area contributed by atoms with E-state index >= 15 is 0 Å². The second-order valence-electron chi connectivity index (χ2n) is 5.10. The van der Waals surface area contributed by atoms with E-state index in [0.29, 0.717) is 0 Å². The first-order valence-corrected chi connectivity index (χ1v) is 6.93. The van der Waals surface area contributed by atoms with Gasteiger partial charge in [0.2, 0.25) is 0 Å². The van der Waals surface area contributed by atoms with Crippen molar-refractivity contribution in [2.45, 2.75) is 38.6 Å². The van der Waals surface area contributed by atoms with Gasteiger partial charge in [-0.25, -0.2) is 0 Å². The molecule has 2 unspecified atom stereocenters. The van der Waals surface area contributed by atoms with Gasteiger partial charge in [-0.15, -0.1) is 0 Å². The molecule has 0 spiro atoms. The van der Waals surface area contributed by atoms with E-state index in [9.17, 15) is 0 Å². The van der Waals surface area contributed by atoms with Crippen LogP contribution in [0.15, 0.2) is 0 Å². The first kappa shape index (κ1) is 12.3. The third-order valence-electron chi connectivity index (χ3n) is 4.05. The maximum absolute atomic E-state index is 5.38. The van der Waals surface area contributed by atoms with Crippen molar-refractivity contribution >= 4 is 0 Å². The van der Waals surface area contributed by atoms with Gasteiger partial charge in [-0.3, -0.25) is 4.90 Å². The Balaban J connectivity index is 1.67. The molecule has 2 atom stereocenters. The van der Waals surface area contributed by atoms with Crippen molar-refractivity contribution in [1.29, 1.82) is 0 Å². The predicted molar refractivity (Wildman–Crippen MR) is 66.7 cm³/mol. The summed E-state index contributed by atoms with van der Waals surface area (Å²) < 4.78 is 5.38. The van der Waals surface area contributed by atoms with Crippen LogP contribution in [0.1, 0.15) is 32.6 Å². The molecule has 0 radical (unpaired) electrons. The van der Waals surface area contributed by atoms with Crippen LogP contribution < -0.4 is 5.32 Å². The molecule has 0 aromatic carbocycles. The number of hydrogen-bond donors (Lipinski definition) is 1. The van der Waals surface area contributed by atoms with E-state index in [1.54, 1.807) is 0 Å². The Labute approximate surface area is 99.5 Å². The van der Waals surface area contributed by atoms with Gasteiger partial charge >= 0.3 is 0 Å². The van der Waals surface area contributed by atoms with Gasteiger partial charge in [-0.05, 0) is 38.3 Å². The quantitative estimate of drug-likeness (QED) is 0.768. The van der Waals surface area contributed by atoms with Crippen molar-refractivity contribution in [3.63, 3.8) is 0 Å². The summed E-state index contributed by atoms with van der Waals surface area (Å²) in [4.78, 5) is 2.56. The van der Waals surface area contributed by atoms with E-state index in [0.717, 1.165) is 44.8 Å². The standard InChI is InChI=1S/C13H26N2O/c1-2-14-13-5-3-4-12(13)6-7-15-8-10-16-11-9-15/h12-14H,2-11H2,1H3. The molecule has 0 aromatic heterocycles. The van der Waals surface area contributed by atoms with Crippen LogP contribution >= 0.6 is 0 Å². The van der Waals surface area contributed by atoms with Crippen LogP contribution in [0.5, 0.6) is 0 Å². The van der Waals surface area contributed by atoms with Crippen LogP contribution in [-0.4, -0.2) is 50.3 Å². The minimum atomic E-state index is 0.797. The van der Waals surface area contributed by atoms with Crippen LogP contribution in [0.25, 0.3) is 0 Å². The highest BCUT2D eigenvalue weighted by atomic mass is 16.5. The Kier molecular flexibility index (Phi) is 5.07. The molecule has 1 saturated heterocycles. The summed E-state index contributed by atoms with van der Waals surface area (Å²) in [5.41, 5.74) is 0. The number of ether oxygens (including phenoxy) is 1. The van der Waals surface area contributed by atoms with Crippen molar-refractivity contribution in [3.8, 4) is 0 Å². The van der Waals surface area contributed by atoms with Crippen LogP contribution in [-0.2, 0) is 4.74 Å². The molecule has 1 heterocycles. The van der Waals surface area contributed by atoms with Crippen molar-refractivity contribution in [2.24, 2.45) is 5.92 Å². The van der Waals surface area contributed by atoms with Gasteiger partial charge in [0.05, 0.1) is 13.2 Å². The number of nitrogens with one attached hydrogen (secondary N) is 1. The predicted octanol–water partition coefficient (Wildman–Crippen LogP) is 1.49. The van der Waals surface area contributed by atoms with Crippen LogP contribution in [0.4, 0.5) is 0 Å². The molecular weight excluding hydrogens is 200 g/mol. The van der Waals surface area contributed by atoms with Crippen molar-refractivity contribution in [3.05, 3.63) is 0 Å². The summed E-state index contributed by atoms with van der Waals surface area (Å²) >= 11 is 0. The maximum Gasteiger partial charge on any atom is 0.0594 e. The first-order valence-electron chi connectivity index (χ1n) is 6.93. The van der Waals surface area contributed by atoms with E-state index in [1.807, 2.05) is 0 Å². The van der Waals surface area contributed by atoms with Gasteiger partial charge in [-0.2, -0.15) is 0 Å². The molecule has 3 nitrogen and oxygen atoms in total. The average molecular weight is 226 g/mol. The van der Waals surface area contributed by atoms with Gasteiger partial charge in [0.25, 0.3) is 0 Å². The van der Waals surface area contributed by atoms with Crippen molar-refractivity contribution < 1.29 is 4.74 Å². The molecule has 1 saturated carbocycles. The second kappa shape index (κ2) is 6.58. The molecule has 2 fully saturated rings. The normalized spacial score (nSPS) is 32.1. The third kappa shape index (κ3) is 3.44. The van der Waals surface area contributed by atoms with E-state index in [2.05, 4.69) is 17.1 Å². The van der Waals surface area contributed by atoms with E-state index in [1.165, 1.54) is 32.2 Å². The lowest BCUT2D eigenvalue weighted by Gasteiger charge is -2.29. The van der Waals surface area contributed by atoms with Gasteiger partial charge < -0.3 is 10.1 Å². The van der Waals surface area contributed by atoms with E-state index in [-0.39, 0.29) is 0 Å². The molecule has 16 heavy (non-hydrogen) atoms. The molecule has 1 aliphatic carbocycles. The van der Waals surface area contributed by atoms with Crippen LogP contribution in [0, 0.1) is 5.92 Å². The highest BCUT2D eigenvalue weighted by Gasteiger charge is 2.26. The zero-order valence-electron chi connectivity index (χ0n) is 10.6. The Hall–Kier alpha value is -0.120. The molecule has 2 aliphatic rings. The van der Waals surface area contributed by atoms with Gasteiger partial charge in [0.15, 0.2) is 0 Å². The topological polar surface area (TPSA) is 24.5 Å². The summed E-state index contributed by atoms with van der Waals surface area (Å²) in [6.45, 7) is 8.76. The summed E-state index contributed by atoms with van der Waals surface area (Å²) in [6.07, 6.45) is 5.62. The molecule has 2 rings (SSSR count). The Morgan fingerprint density at radius 3 is 2.81 bits per heavy atom. The number of hydrogen-bond acceptors (Lipinski definition) is 3. The lowest BCUT2D eigenvalue weighted by Crippen LogP contribution is -2.39. The summed E-state index contributed by atoms with van der Waals surface area (Å²) in [6, 6.07) is 0.797. The molecule has 0 bridgehead atoms. The first-order chi connectivity index (χ1) is 7.90. The molecule has 0 aromatic rings. The fraction of sp³-hybridized carbons (Fsp3) is 1.00. The molecule has 0 amide bonds.